The Morgan fingerprint density at radius 3 is 2.73 bits per heavy atom. The first kappa shape index (κ1) is 12.9. The Kier molecular flexibility index (Phi) is 6.98. The van der Waals surface area contributed by atoms with Crippen molar-refractivity contribution in [2.45, 2.75) is 57.6 Å². The van der Waals surface area contributed by atoms with E-state index in [2.05, 4.69) is 5.32 Å². The predicted octanol–water partition coefficient (Wildman–Crippen LogP) is 1.70. The summed E-state index contributed by atoms with van der Waals surface area (Å²) in [5.41, 5.74) is 0. The van der Waals surface area contributed by atoms with Gasteiger partial charge in [0.05, 0.1) is 12.7 Å². The minimum Gasteiger partial charge on any atom is -0.391 e. The van der Waals surface area contributed by atoms with Crippen LogP contribution < -0.4 is 5.32 Å². The minimum absolute atomic E-state index is 0.337. The van der Waals surface area contributed by atoms with Crippen molar-refractivity contribution < 1.29 is 9.84 Å². The van der Waals surface area contributed by atoms with Crippen molar-refractivity contribution in [2.24, 2.45) is 0 Å². The number of hydrogen-bond donors (Lipinski definition) is 2. The first-order chi connectivity index (χ1) is 7.29. The zero-order chi connectivity index (χ0) is 10.9. The topological polar surface area (TPSA) is 41.5 Å². The SMILES string of the molecule is CC(O)COCCCNC1CCCCC1. The molecule has 2 N–H and O–H groups in total. The van der Waals surface area contributed by atoms with Gasteiger partial charge >= 0.3 is 0 Å². The number of hydrogen-bond acceptors (Lipinski definition) is 3. The molecule has 1 unspecified atom stereocenters. The minimum atomic E-state index is -0.337. The Hall–Kier alpha value is -0.120. The van der Waals surface area contributed by atoms with Gasteiger partial charge in [-0.05, 0) is 32.7 Å². The maximum Gasteiger partial charge on any atom is 0.0745 e. The van der Waals surface area contributed by atoms with E-state index in [1.807, 2.05) is 0 Å². The van der Waals surface area contributed by atoms with Gasteiger partial charge in [-0.15, -0.1) is 0 Å². The van der Waals surface area contributed by atoms with E-state index < -0.39 is 0 Å². The number of ether oxygens (including phenoxy) is 1. The summed E-state index contributed by atoms with van der Waals surface area (Å²) in [6.07, 6.45) is 7.57. The molecule has 90 valence electrons. The summed E-state index contributed by atoms with van der Waals surface area (Å²) in [6, 6.07) is 0.746. The molecule has 1 aliphatic carbocycles. The Bertz CT molecular complexity index is 145. The molecule has 0 bridgehead atoms. The van der Waals surface area contributed by atoms with Gasteiger partial charge in [-0.3, -0.25) is 0 Å². The van der Waals surface area contributed by atoms with Gasteiger partial charge < -0.3 is 15.2 Å². The van der Waals surface area contributed by atoms with Crippen molar-refractivity contribution in [3.05, 3.63) is 0 Å². The normalized spacial score (nSPS) is 20.4. The summed E-state index contributed by atoms with van der Waals surface area (Å²) in [6.45, 7) is 4.01. The van der Waals surface area contributed by atoms with Crippen molar-refractivity contribution in [3.63, 3.8) is 0 Å². The lowest BCUT2D eigenvalue weighted by molar-refractivity contribution is 0.0450. The molecule has 0 amide bonds. The van der Waals surface area contributed by atoms with Crippen molar-refractivity contribution in [2.75, 3.05) is 19.8 Å². The molecular formula is C12H25NO2. The Labute approximate surface area is 93.2 Å². The molecule has 3 nitrogen and oxygen atoms in total. The van der Waals surface area contributed by atoms with E-state index >= 15 is 0 Å². The quantitative estimate of drug-likeness (QED) is 0.635. The van der Waals surface area contributed by atoms with Crippen LogP contribution in [0.4, 0.5) is 0 Å². The van der Waals surface area contributed by atoms with Crippen LogP contribution in [0, 0.1) is 0 Å². The maximum absolute atomic E-state index is 8.97. The second-order valence-electron chi connectivity index (χ2n) is 4.57. The van der Waals surface area contributed by atoms with Gasteiger partial charge in [-0.25, -0.2) is 0 Å². The molecule has 0 radical (unpaired) electrons. The van der Waals surface area contributed by atoms with Crippen LogP contribution in [0.15, 0.2) is 0 Å². The number of rotatable bonds is 7. The van der Waals surface area contributed by atoms with E-state index in [1.54, 1.807) is 6.92 Å². The Morgan fingerprint density at radius 2 is 2.07 bits per heavy atom. The zero-order valence-corrected chi connectivity index (χ0v) is 9.87. The Morgan fingerprint density at radius 1 is 1.33 bits per heavy atom. The first-order valence-corrected chi connectivity index (χ1v) is 6.28. The molecule has 1 rings (SSSR count). The van der Waals surface area contributed by atoms with Crippen LogP contribution in [0.25, 0.3) is 0 Å². The highest BCUT2D eigenvalue weighted by Gasteiger charge is 2.11. The van der Waals surface area contributed by atoms with Crippen molar-refractivity contribution in [3.8, 4) is 0 Å². The van der Waals surface area contributed by atoms with E-state index in [1.165, 1.54) is 32.1 Å². The maximum atomic E-state index is 8.97. The fourth-order valence-electron chi connectivity index (χ4n) is 2.04. The van der Waals surface area contributed by atoms with Crippen molar-refractivity contribution in [1.29, 1.82) is 0 Å². The molecule has 0 aromatic rings. The molecule has 1 fully saturated rings. The van der Waals surface area contributed by atoms with Gasteiger partial charge in [0.15, 0.2) is 0 Å². The van der Waals surface area contributed by atoms with Gasteiger partial charge in [-0.1, -0.05) is 19.3 Å². The standard InChI is InChI=1S/C12H25NO2/c1-11(14)10-15-9-5-8-13-12-6-3-2-4-7-12/h11-14H,2-10H2,1H3. The van der Waals surface area contributed by atoms with Crippen LogP contribution in [0.3, 0.4) is 0 Å². The molecule has 15 heavy (non-hydrogen) atoms. The number of nitrogens with one attached hydrogen (secondary N) is 1. The predicted molar refractivity (Wildman–Crippen MR) is 62.0 cm³/mol. The van der Waals surface area contributed by atoms with Gasteiger partial charge in [0.1, 0.15) is 0 Å². The molecule has 0 aliphatic heterocycles. The molecule has 0 aromatic carbocycles. The van der Waals surface area contributed by atoms with Gasteiger partial charge in [-0.2, -0.15) is 0 Å². The molecule has 1 atom stereocenters. The lowest BCUT2D eigenvalue weighted by Gasteiger charge is -2.22. The average Bonchev–Trinajstić information content (AvgIpc) is 2.24. The molecular weight excluding hydrogens is 190 g/mol. The van der Waals surface area contributed by atoms with Gasteiger partial charge in [0, 0.05) is 12.6 Å². The van der Waals surface area contributed by atoms with Crippen LogP contribution in [-0.2, 0) is 4.74 Å². The van der Waals surface area contributed by atoms with Crippen LogP contribution >= 0.6 is 0 Å². The van der Waals surface area contributed by atoms with E-state index in [4.69, 9.17) is 9.84 Å². The monoisotopic (exact) mass is 215 g/mol. The molecule has 1 saturated carbocycles. The van der Waals surface area contributed by atoms with E-state index in [-0.39, 0.29) is 6.10 Å². The van der Waals surface area contributed by atoms with Crippen molar-refractivity contribution in [1.82, 2.24) is 5.32 Å². The number of aliphatic hydroxyl groups excluding tert-OH is 1. The summed E-state index contributed by atoms with van der Waals surface area (Å²) in [5.74, 6) is 0. The van der Waals surface area contributed by atoms with Crippen molar-refractivity contribution >= 4 is 0 Å². The highest BCUT2D eigenvalue weighted by molar-refractivity contribution is 4.71. The summed E-state index contributed by atoms with van der Waals surface area (Å²) in [7, 11) is 0. The zero-order valence-electron chi connectivity index (χ0n) is 9.87. The van der Waals surface area contributed by atoms with Crippen LogP contribution in [0.1, 0.15) is 45.4 Å². The fraction of sp³-hybridized carbons (Fsp3) is 1.00. The first-order valence-electron chi connectivity index (χ1n) is 6.28. The molecule has 0 aromatic heterocycles. The molecule has 1 aliphatic rings. The highest BCUT2D eigenvalue weighted by atomic mass is 16.5. The molecule has 3 heteroatoms. The summed E-state index contributed by atoms with van der Waals surface area (Å²) >= 11 is 0. The fourth-order valence-corrected chi connectivity index (χ4v) is 2.04. The third-order valence-electron chi connectivity index (χ3n) is 2.86. The van der Waals surface area contributed by atoms with Gasteiger partial charge in [0.2, 0.25) is 0 Å². The molecule has 0 spiro atoms. The highest BCUT2D eigenvalue weighted by Crippen LogP contribution is 2.17. The third-order valence-corrected chi connectivity index (χ3v) is 2.86. The van der Waals surface area contributed by atoms with E-state index in [9.17, 15) is 0 Å². The third kappa shape index (κ3) is 6.88. The van der Waals surface area contributed by atoms with E-state index in [0.29, 0.717) is 6.61 Å². The average molecular weight is 215 g/mol. The lowest BCUT2D eigenvalue weighted by atomic mass is 9.95. The van der Waals surface area contributed by atoms with Crippen LogP contribution in [0.2, 0.25) is 0 Å². The summed E-state index contributed by atoms with van der Waals surface area (Å²) in [4.78, 5) is 0. The van der Waals surface area contributed by atoms with E-state index in [0.717, 1.165) is 25.6 Å². The van der Waals surface area contributed by atoms with Gasteiger partial charge in [0.25, 0.3) is 0 Å². The number of aliphatic hydroxyl groups is 1. The smallest absolute Gasteiger partial charge is 0.0745 e. The molecule has 0 heterocycles. The molecule has 0 saturated heterocycles. The summed E-state index contributed by atoms with van der Waals surface area (Å²) < 4.78 is 5.29. The summed E-state index contributed by atoms with van der Waals surface area (Å²) in [5, 5.41) is 12.5. The van der Waals surface area contributed by atoms with Crippen LogP contribution in [0.5, 0.6) is 0 Å². The lowest BCUT2D eigenvalue weighted by Crippen LogP contribution is -2.32. The second-order valence-corrected chi connectivity index (χ2v) is 4.57. The largest absolute Gasteiger partial charge is 0.391 e. The van der Waals surface area contributed by atoms with Crippen LogP contribution in [-0.4, -0.2) is 37.0 Å². The second kappa shape index (κ2) is 8.08. The Balaban J connectivity index is 1.83.